The number of nitrogens with one attached hydrogen (secondary N) is 1. The molecule has 2 rings (SSSR count). The zero-order valence-electron chi connectivity index (χ0n) is 8.66. The van der Waals surface area contributed by atoms with Gasteiger partial charge in [0.2, 0.25) is 0 Å². The lowest BCUT2D eigenvalue weighted by Crippen LogP contribution is -2.54. The van der Waals surface area contributed by atoms with Crippen LogP contribution in [0.25, 0.3) is 0 Å². The molecule has 1 aliphatic heterocycles. The summed E-state index contributed by atoms with van der Waals surface area (Å²) in [6.07, 6.45) is 2.63. The molecule has 0 aromatic heterocycles. The van der Waals surface area contributed by atoms with Gasteiger partial charge in [0, 0.05) is 17.0 Å². The standard InChI is InChI=1S/C10H17NO2S/c1-6-9(7-3-4-7)11-8(5-14-6)10(12)13-2/h6-9,11H,3-5H2,1-2H3. The molecule has 2 fully saturated rings. The number of hydrogen-bond acceptors (Lipinski definition) is 4. The number of carbonyl (C=O) groups excluding carboxylic acids is 1. The minimum absolute atomic E-state index is 0.0909. The van der Waals surface area contributed by atoms with E-state index in [1.807, 2.05) is 11.8 Å². The van der Waals surface area contributed by atoms with Gasteiger partial charge in [-0.15, -0.1) is 0 Å². The summed E-state index contributed by atoms with van der Waals surface area (Å²) in [6.45, 7) is 2.24. The predicted octanol–water partition coefficient (Wildman–Crippen LogP) is 1.03. The first-order chi connectivity index (χ1) is 6.72. The summed E-state index contributed by atoms with van der Waals surface area (Å²) in [4.78, 5) is 11.4. The topological polar surface area (TPSA) is 38.3 Å². The van der Waals surface area contributed by atoms with Gasteiger partial charge in [0.05, 0.1) is 7.11 Å². The summed E-state index contributed by atoms with van der Waals surface area (Å²) >= 11 is 1.88. The third-order valence-corrected chi connectivity index (χ3v) is 4.39. The number of esters is 1. The molecule has 4 heteroatoms. The highest BCUT2D eigenvalue weighted by atomic mass is 32.2. The minimum atomic E-state index is -0.116. The molecule has 3 atom stereocenters. The Morgan fingerprint density at radius 1 is 1.50 bits per heavy atom. The fourth-order valence-corrected chi connectivity index (χ4v) is 3.26. The van der Waals surface area contributed by atoms with E-state index in [2.05, 4.69) is 12.2 Å². The molecule has 2 aliphatic rings. The molecule has 1 N–H and O–H groups in total. The van der Waals surface area contributed by atoms with Gasteiger partial charge in [-0.05, 0) is 18.8 Å². The molecule has 1 aliphatic carbocycles. The molecule has 0 bridgehead atoms. The predicted molar refractivity (Wildman–Crippen MR) is 57.4 cm³/mol. The second-order valence-electron chi connectivity index (χ2n) is 4.14. The monoisotopic (exact) mass is 215 g/mol. The van der Waals surface area contributed by atoms with Crippen molar-refractivity contribution in [1.82, 2.24) is 5.32 Å². The molecule has 1 saturated heterocycles. The first-order valence-corrected chi connectivity index (χ1v) is 6.22. The van der Waals surface area contributed by atoms with Crippen molar-refractivity contribution in [3.8, 4) is 0 Å². The van der Waals surface area contributed by atoms with Crippen molar-refractivity contribution in [2.75, 3.05) is 12.9 Å². The molecule has 0 amide bonds. The van der Waals surface area contributed by atoms with Crippen LogP contribution in [0.1, 0.15) is 19.8 Å². The number of rotatable bonds is 2. The summed E-state index contributed by atoms with van der Waals surface area (Å²) in [6, 6.07) is 0.421. The maximum Gasteiger partial charge on any atom is 0.323 e. The molecular weight excluding hydrogens is 198 g/mol. The fraction of sp³-hybridized carbons (Fsp3) is 0.900. The fourth-order valence-electron chi connectivity index (χ4n) is 2.02. The average molecular weight is 215 g/mol. The number of hydrogen-bond donors (Lipinski definition) is 1. The number of methoxy groups -OCH3 is 1. The van der Waals surface area contributed by atoms with Gasteiger partial charge in [-0.25, -0.2) is 0 Å². The van der Waals surface area contributed by atoms with Crippen LogP contribution in [0.15, 0.2) is 0 Å². The molecule has 0 radical (unpaired) electrons. The molecule has 3 unspecified atom stereocenters. The van der Waals surface area contributed by atoms with E-state index in [1.54, 1.807) is 0 Å². The maximum atomic E-state index is 11.4. The molecule has 14 heavy (non-hydrogen) atoms. The average Bonchev–Trinajstić information content (AvgIpc) is 3.01. The Bertz CT molecular complexity index is 230. The normalized spacial score (nSPS) is 38.0. The largest absolute Gasteiger partial charge is 0.468 e. The molecule has 0 spiro atoms. The maximum absolute atomic E-state index is 11.4. The zero-order chi connectivity index (χ0) is 10.1. The zero-order valence-corrected chi connectivity index (χ0v) is 9.47. The number of thioether (sulfide) groups is 1. The first kappa shape index (κ1) is 10.3. The molecule has 80 valence electrons. The van der Waals surface area contributed by atoms with Gasteiger partial charge in [0.25, 0.3) is 0 Å². The van der Waals surface area contributed by atoms with Crippen LogP contribution in [0, 0.1) is 5.92 Å². The van der Waals surface area contributed by atoms with E-state index < -0.39 is 0 Å². The highest BCUT2D eigenvalue weighted by Crippen LogP contribution is 2.39. The Balaban J connectivity index is 1.94. The van der Waals surface area contributed by atoms with Gasteiger partial charge >= 0.3 is 5.97 Å². The van der Waals surface area contributed by atoms with Crippen LogP contribution in [0.4, 0.5) is 0 Å². The van der Waals surface area contributed by atoms with E-state index >= 15 is 0 Å². The smallest absolute Gasteiger partial charge is 0.323 e. The molecule has 0 aromatic rings. The molecule has 0 aromatic carbocycles. The van der Waals surface area contributed by atoms with Crippen molar-refractivity contribution < 1.29 is 9.53 Å². The first-order valence-electron chi connectivity index (χ1n) is 5.18. The molecular formula is C10H17NO2S. The van der Waals surface area contributed by atoms with Gasteiger partial charge in [0.1, 0.15) is 6.04 Å². The van der Waals surface area contributed by atoms with Crippen molar-refractivity contribution in [1.29, 1.82) is 0 Å². The van der Waals surface area contributed by atoms with Gasteiger partial charge in [-0.2, -0.15) is 11.8 Å². The second kappa shape index (κ2) is 4.11. The molecule has 3 nitrogen and oxygen atoms in total. The molecule has 1 saturated carbocycles. The Morgan fingerprint density at radius 3 is 2.79 bits per heavy atom. The van der Waals surface area contributed by atoms with Gasteiger partial charge < -0.3 is 4.74 Å². The van der Waals surface area contributed by atoms with E-state index in [0.29, 0.717) is 11.3 Å². The van der Waals surface area contributed by atoms with Crippen LogP contribution in [0.5, 0.6) is 0 Å². The van der Waals surface area contributed by atoms with Crippen molar-refractivity contribution in [2.24, 2.45) is 5.92 Å². The van der Waals surface area contributed by atoms with Crippen LogP contribution in [-0.4, -0.2) is 36.2 Å². The van der Waals surface area contributed by atoms with Gasteiger partial charge in [-0.1, -0.05) is 6.92 Å². The van der Waals surface area contributed by atoms with Crippen molar-refractivity contribution in [3.05, 3.63) is 0 Å². The van der Waals surface area contributed by atoms with E-state index in [0.717, 1.165) is 11.7 Å². The van der Waals surface area contributed by atoms with E-state index in [1.165, 1.54) is 20.0 Å². The van der Waals surface area contributed by atoms with E-state index in [-0.39, 0.29) is 12.0 Å². The van der Waals surface area contributed by atoms with Crippen molar-refractivity contribution >= 4 is 17.7 Å². The third kappa shape index (κ3) is 2.06. The Hall–Kier alpha value is -0.220. The van der Waals surface area contributed by atoms with Crippen LogP contribution < -0.4 is 5.32 Å². The highest BCUT2D eigenvalue weighted by Gasteiger charge is 2.40. The third-order valence-electron chi connectivity index (χ3n) is 3.04. The van der Waals surface area contributed by atoms with Crippen molar-refractivity contribution in [2.45, 2.75) is 37.1 Å². The lowest BCUT2D eigenvalue weighted by atomic mass is 10.1. The molecule has 1 heterocycles. The van der Waals surface area contributed by atoms with E-state index in [4.69, 9.17) is 4.74 Å². The van der Waals surface area contributed by atoms with Gasteiger partial charge in [0.15, 0.2) is 0 Å². The second-order valence-corrected chi connectivity index (χ2v) is 5.55. The SMILES string of the molecule is COC(=O)C1CSC(C)C(C2CC2)N1. The van der Waals surface area contributed by atoms with E-state index in [9.17, 15) is 4.79 Å². The van der Waals surface area contributed by atoms with Crippen molar-refractivity contribution in [3.63, 3.8) is 0 Å². The quantitative estimate of drug-likeness (QED) is 0.698. The number of carbonyl (C=O) groups is 1. The van der Waals surface area contributed by atoms with Crippen LogP contribution in [-0.2, 0) is 9.53 Å². The Labute approximate surface area is 89.0 Å². The summed E-state index contributed by atoms with van der Waals surface area (Å²) in [5, 5.41) is 4.05. The lowest BCUT2D eigenvalue weighted by molar-refractivity contribution is -0.142. The minimum Gasteiger partial charge on any atom is -0.468 e. The summed E-state index contributed by atoms with van der Waals surface area (Å²) in [7, 11) is 1.46. The lowest BCUT2D eigenvalue weighted by Gasteiger charge is -2.34. The highest BCUT2D eigenvalue weighted by molar-refractivity contribution is 8.00. The van der Waals surface area contributed by atoms with Gasteiger partial charge in [-0.3, -0.25) is 10.1 Å². The summed E-state index contributed by atoms with van der Waals surface area (Å²) in [5.41, 5.74) is 0. The van der Waals surface area contributed by atoms with Crippen LogP contribution >= 0.6 is 11.8 Å². The number of ether oxygens (including phenoxy) is 1. The van der Waals surface area contributed by atoms with Crippen LogP contribution in [0.3, 0.4) is 0 Å². The summed E-state index contributed by atoms with van der Waals surface area (Å²) < 4.78 is 4.76. The Kier molecular flexibility index (Phi) is 3.02. The van der Waals surface area contributed by atoms with Crippen LogP contribution in [0.2, 0.25) is 0 Å². The Morgan fingerprint density at radius 2 is 2.21 bits per heavy atom. The summed E-state index contributed by atoms with van der Waals surface area (Å²) in [5.74, 6) is 1.52.